The molecule has 1 aromatic rings. The fourth-order valence-corrected chi connectivity index (χ4v) is 7.51. The molecule has 5 rings (SSSR count). The van der Waals surface area contributed by atoms with Gasteiger partial charge in [0, 0.05) is 23.1 Å². The van der Waals surface area contributed by atoms with Crippen molar-refractivity contribution in [3.05, 3.63) is 42.5 Å². The molecule has 4 nitrogen and oxygen atoms in total. The number of amides is 2. The quantitative estimate of drug-likeness (QED) is 0.776. The zero-order valence-electron chi connectivity index (χ0n) is 17.5. The minimum Gasteiger partial charge on any atom is -0.349 e. The van der Waals surface area contributed by atoms with Crippen molar-refractivity contribution >= 4 is 17.5 Å². The molecule has 0 saturated heterocycles. The second kappa shape index (κ2) is 6.72. The molecule has 0 spiro atoms. The third kappa shape index (κ3) is 2.86. The molecule has 4 aliphatic rings. The average Bonchev–Trinajstić information content (AvgIpc) is 3.06. The Balaban J connectivity index is 1.38. The Morgan fingerprint density at radius 1 is 1.03 bits per heavy atom. The number of hydrogen-bond acceptors (Lipinski definition) is 2. The van der Waals surface area contributed by atoms with Gasteiger partial charge in [-0.3, -0.25) is 9.59 Å². The van der Waals surface area contributed by atoms with Gasteiger partial charge in [-0.1, -0.05) is 38.1 Å². The third-order valence-electron chi connectivity index (χ3n) is 9.04. The minimum atomic E-state index is 0.0581. The molecule has 1 heterocycles. The van der Waals surface area contributed by atoms with E-state index in [0.717, 1.165) is 37.8 Å². The van der Waals surface area contributed by atoms with Crippen LogP contribution in [-0.4, -0.2) is 17.9 Å². The number of nitrogens with one attached hydrogen (secondary N) is 2. The van der Waals surface area contributed by atoms with Gasteiger partial charge in [0.25, 0.3) is 0 Å². The highest BCUT2D eigenvalue weighted by Crippen LogP contribution is 2.65. The van der Waals surface area contributed by atoms with E-state index in [1.165, 1.54) is 6.42 Å². The van der Waals surface area contributed by atoms with Crippen molar-refractivity contribution in [2.24, 2.45) is 34.5 Å². The zero-order chi connectivity index (χ0) is 20.2. The lowest BCUT2D eigenvalue weighted by Crippen LogP contribution is -2.59. The molecule has 7 atom stereocenters. The molecule has 29 heavy (non-hydrogen) atoms. The number of rotatable bonds is 2. The van der Waals surface area contributed by atoms with E-state index in [4.69, 9.17) is 0 Å². The summed E-state index contributed by atoms with van der Waals surface area (Å²) >= 11 is 0. The Hall–Kier alpha value is -2.10. The van der Waals surface area contributed by atoms with E-state index in [0.29, 0.717) is 17.8 Å². The first-order chi connectivity index (χ1) is 13.9. The second-order valence-electron chi connectivity index (χ2n) is 10.2. The van der Waals surface area contributed by atoms with Gasteiger partial charge in [-0.15, -0.1) is 0 Å². The largest absolute Gasteiger partial charge is 0.349 e. The molecule has 0 aromatic heterocycles. The molecule has 4 heteroatoms. The third-order valence-corrected chi connectivity index (χ3v) is 9.04. The number of anilines is 1. The predicted octanol–water partition coefficient (Wildman–Crippen LogP) is 4.54. The normalized spacial score (nSPS) is 43.0. The van der Waals surface area contributed by atoms with Gasteiger partial charge in [0.2, 0.25) is 11.8 Å². The van der Waals surface area contributed by atoms with E-state index in [9.17, 15) is 9.59 Å². The standard InChI is InChI=1S/C25H32N2O2/c1-24-14-12-19-17(8-11-21-25(19,2)15-13-22(28)27-21)18(24)9-10-20(24)23(29)26-16-6-4-3-5-7-16/h3-7,13,15,17-21H,8-12,14H2,1-2H3,(H,26,29)(H,27,28)/t17?,18?,19?,20?,21?,24-,25+/m0/s1. The van der Waals surface area contributed by atoms with Crippen LogP contribution in [0.1, 0.15) is 52.4 Å². The Morgan fingerprint density at radius 3 is 2.62 bits per heavy atom. The Kier molecular flexibility index (Phi) is 4.38. The van der Waals surface area contributed by atoms with E-state index in [2.05, 4.69) is 30.6 Å². The van der Waals surface area contributed by atoms with Gasteiger partial charge in [-0.2, -0.15) is 0 Å². The average molecular weight is 393 g/mol. The van der Waals surface area contributed by atoms with Crippen LogP contribution < -0.4 is 10.6 Å². The van der Waals surface area contributed by atoms with Crippen molar-refractivity contribution in [1.29, 1.82) is 0 Å². The van der Waals surface area contributed by atoms with Crippen molar-refractivity contribution in [2.75, 3.05) is 5.32 Å². The molecule has 2 amide bonds. The summed E-state index contributed by atoms with van der Waals surface area (Å²) in [6.07, 6.45) is 10.6. The molecular weight excluding hydrogens is 360 g/mol. The van der Waals surface area contributed by atoms with Crippen molar-refractivity contribution < 1.29 is 9.59 Å². The lowest BCUT2D eigenvalue weighted by atomic mass is 9.48. The summed E-state index contributed by atoms with van der Waals surface area (Å²) in [5, 5.41) is 6.40. The van der Waals surface area contributed by atoms with Crippen LogP contribution in [0.3, 0.4) is 0 Å². The molecule has 0 bridgehead atoms. The van der Waals surface area contributed by atoms with Crippen molar-refractivity contribution in [1.82, 2.24) is 5.32 Å². The van der Waals surface area contributed by atoms with Crippen molar-refractivity contribution in [3.8, 4) is 0 Å². The molecule has 1 aliphatic heterocycles. The second-order valence-corrected chi connectivity index (χ2v) is 10.2. The smallest absolute Gasteiger partial charge is 0.243 e. The molecule has 0 radical (unpaired) electrons. The highest BCUT2D eigenvalue weighted by molar-refractivity contribution is 5.93. The summed E-state index contributed by atoms with van der Waals surface area (Å²) in [5.41, 5.74) is 1.04. The van der Waals surface area contributed by atoms with E-state index in [-0.39, 0.29) is 34.6 Å². The summed E-state index contributed by atoms with van der Waals surface area (Å²) in [5.74, 6) is 2.23. The zero-order valence-corrected chi connectivity index (χ0v) is 17.5. The predicted molar refractivity (Wildman–Crippen MR) is 114 cm³/mol. The van der Waals surface area contributed by atoms with Gasteiger partial charge >= 0.3 is 0 Å². The van der Waals surface area contributed by atoms with Crippen LogP contribution in [0.25, 0.3) is 0 Å². The van der Waals surface area contributed by atoms with Gasteiger partial charge in [-0.25, -0.2) is 0 Å². The number of para-hydroxylation sites is 1. The first-order valence-electron chi connectivity index (χ1n) is 11.3. The van der Waals surface area contributed by atoms with Gasteiger partial charge in [0.05, 0.1) is 0 Å². The van der Waals surface area contributed by atoms with Crippen LogP contribution in [0.15, 0.2) is 42.5 Å². The molecule has 154 valence electrons. The maximum atomic E-state index is 13.2. The first-order valence-corrected chi connectivity index (χ1v) is 11.3. The summed E-state index contributed by atoms with van der Waals surface area (Å²) in [4.78, 5) is 25.1. The highest BCUT2D eigenvalue weighted by Gasteiger charge is 2.60. The SMILES string of the molecule is C[C@]12C=CC(=O)NC1CCC1C2CC[C@]2(C)C(C(=O)Nc3ccccc3)CCC12. The fraction of sp³-hybridized carbons (Fsp3) is 0.600. The molecule has 1 aromatic carbocycles. The number of benzene rings is 1. The van der Waals surface area contributed by atoms with Crippen LogP contribution in [0, 0.1) is 34.5 Å². The maximum Gasteiger partial charge on any atom is 0.243 e. The lowest BCUT2D eigenvalue weighted by molar-refractivity contribution is -0.129. The fourth-order valence-electron chi connectivity index (χ4n) is 7.51. The Morgan fingerprint density at radius 2 is 1.83 bits per heavy atom. The monoisotopic (exact) mass is 392 g/mol. The number of carbonyl (C=O) groups excluding carboxylic acids is 2. The molecule has 3 aliphatic carbocycles. The Bertz CT molecular complexity index is 850. The van der Waals surface area contributed by atoms with Crippen molar-refractivity contribution in [3.63, 3.8) is 0 Å². The summed E-state index contributed by atoms with van der Waals surface area (Å²) in [6.45, 7) is 4.73. The van der Waals surface area contributed by atoms with Crippen LogP contribution in [-0.2, 0) is 9.59 Å². The molecule has 3 saturated carbocycles. The van der Waals surface area contributed by atoms with Gasteiger partial charge in [0.15, 0.2) is 0 Å². The number of hydrogen-bond donors (Lipinski definition) is 2. The van der Waals surface area contributed by atoms with Crippen LogP contribution in [0.4, 0.5) is 5.69 Å². The number of carbonyl (C=O) groups is 2. The Labute approximate surface area is 173 Å². The first kappa shape index (κ1) is 18.9. The molecule has 5 unspecified atom stereocenters. The van der Waals surface area contributed by atoms with Crippen LogP contribution >= 0.6 is 0 Å². The van der Waals surface area contributed by atoms with E-state index >= 15 is 0 Å². The molecular formula is C25H32N2O2. The summed E-state index contributed by atoms with van der Waals surface area (Å²) < 4.78 is 0. The van der Waals surface area contributed by atoms with Gasteiger partial charge in [0.1, 0.15) is 0 Å². The maximum absolute atomic E-state index is 13.2. The molecule has 3 fully saturated rings. The van der Waals surface area contributed by atoms with Gasteiger partial charge in [-0.05, 0) is 79.9 Å². The van der Waals surface area contributed by atoms with E-state index in [1.54, 1.807) is 6.08 Å². The van der Waals surface area contributed by atoms with Gasteiger partial charge < -0.3 is 10.6 Å². The topological polar surface area (TPSA) is 58.2 Å². The summed E-state index contributed by atoms with van der Waals surface area (Å²) in [6, 6.07) is 10.1. The van der Waals surface area contributed by atoms with E-state index in [1.807, 2.05) is 30.3 Å². The highest BCUT2D eigenvalue weighted by atomic mass is 16.2. The van der Waals surface area contributed by atoms with Crippen molar-refractivity contribution in [2.45, 2.75) is 58.4 Å². The molecule has 2 N–H and O–H groups in total. The summed E-state index contributed by atoms with van der Waals surface area (Å²) in [7, 11) is 0. The van der Waals surface area contributed by atoms with Crippen LogP contribution in [0.5, 0.6) is 0 Å². The minimum absolute atomic E-state index is 0.0581. The lowest BCUT2D eigenvalue weighted by Gasteiger charge is -2.58. The number of fused-ring (bicyclic) bond motifs is 5. The van der Waals surface area contributed by atoms with E-state index < -0.39 is 0 Å². The van der Waals surface area contributed by atoms with Crippen LogP contribution in [0.2, 0.25) is 0 Å².